The molecule has 0 radical (unpaired) electrons. The third-order valence-electron chi connectivity index (χ3n) is 5.52. The highest BCUT2D eigenvalue weighted by molar-refractivity contribution is 6.35. The number of aliphatic hydroxyl groups is 1. The van der Waals surface area contributed by atoms with Gasteiger partial charge in [-0.05, 0) is 63.6 Å². The average Bonchev–Trinajstić information content (AvgIpc) is 2.73. The lowest BCUT2D eigenvalue weighted by atomic mass is 10.1. The number of piperazine rings is 1. The van der Waals surface area contributed by atoms with Gasteiger partial charge in [0, 0.05) is 35.4 Å². The lowest BCUT2D eigenvalue weighted by molar-refractivity contribution is 0.00704. The summed E-state index contributed by atoms with van der Waals surface area (Å²) < 4.78 is 5.50. The molecule has 2 aromatic rings. The number of anilines is 3. The molecule has 7 nitrogen and oxygen atoms in total. The van der Waals surface area contributed by atoms with Gasteiger partial charge in [-0.2, -0.15) is 0 Å². The van der Waals surface area contributed by atoms with Crippen LogP contribution in [0, 0.1) is 0 Å². The molecule has 1 heterocycles. The van der Waals surface area contributed by atoms with Crippen LogP contribution in [0.4, 0.5) is 21.9 Å². The number of nitrogens with two attached hydrogens (primary N) is 1. The maximum atomic E-state index is 12.6. The van der Waals surface area contributed by atoms with E-state index in [4.69, 9.17) is 33.7 Å². The largest absolute Gasteiger partial charge is 0.444 e. The quantitative estimate of drug-likeness (QED) is 0.496. The number of halogens is 2. The molecular weight excluding hydrogens is 463 g/mol. The zero-order valence-electron chi connectivity index (χ0n) is 19.4. The van der Waals surface area contributed by atoms with Gasteiger partial charge >= 0.3 is 6.09 Å². The minimum absolute atomic E-state index is 0.0958. The zero-order chi connectivity index (χ0) is 24.3. The zero-order valence-corrected chi connectivity index (χ0v) is 21.0. The number of carbonyl (C=O) groups excluding carboxylic acids is 1. The Hall–Kier alpha value is -2.35. The maximum Gasteiger partial charge on any atom is 0.410 e. The summed E-state index contributed by atoms with van der Waals surface area (Å²) in [5.74, 6) is 0. The summed E-state index contributed by atoms with van der Waals surface area (Å²) in [6, 6.07) is 10.7. The predicted molar refractivity (Wildman–Crippen MR) is 135 cm³/mol. The van der Waals surface area contributed by atoms with Gasteiger partial charge in [0.2, 0.25) is 0 Å². The molecule has 2 aromatic carbocycles. The number of benzene rings is 2. The van der Waals surface area contributed by atoms with Crippen LogP contribution in [0.2, 0.25) is 10.0 Å². The Labute approximate surface area is 205 Å². The summed E-state index contributed by atoms with van der Waals surface area (Å²) in [5, 5.41) is 14.5. The van der Waals surface area contributed by atoms with Crippen LogP contribution < -0.4 is 16.0 Å². The van der Waals surface area contributed by atoms with E-state index < -0.39 is 11.7 Å². The highest BCUT2D eigenvalue weighted by atomic mass is 35.5. The summed E-state index contributed by atoms with van der Waals surface area (Å²) in [6.07, 6.45) is -0.408. The van der Waals surface area contributed by atoms with E-state index in [0.29, 0.717) is 35.4 Å². The molecule has 0 saturated carbocycles. The molecule has 0 aromatic heterocycles. The molecule has 4 N–H and O–H groups in total. The van der Waals surface area contributed by atoms with Crippen LogP contribution in [-0.2, 0) is 4.74 Å². The molecule has 1 aliphatic heterocycles. The number of hydrogen-bond donors (Lipinski definition) is 3. The van der Waals surface area contributed by atoms with Crippen molar-refractivity contribution < 1.29 is 14.6 Å². The molecule has 9 heteroatoms. The first kappa shape index (κ1) is 25.3. The van der Waals surface area contributed by atoms with Crippen LogP contribution in [0.15, 0.2) is 36.4 Å². The molecule has 1 aliphatic rings. The standard InChI is InChI=1S/C24H32Cl2N4O3/c1-15(19-7-5-16(25)11-20(19)26)28-22-12-17(6-8-21(22)27)29-9-10-30(18(13-29)14-31)23(32)33-24(2,3)4/h5-8,11-12,15,18,28,31H,9-10,13-14,27H2,1-4H3/t15-,18+/m1/s1. The predicted octanol–water partition coefficient (Wildman–Crippen LogP) is 5.17. The second-order valence-electron chi connectivity index (χ2n) is 9.26. The van der Waals surface area contributed by atoms with E-state index in [0.717, 1.165) is 16.9 Å². The van der Waals surface area contributed by atoms with E-state index in [-0.39, 0.29) is 18.7 Å². The Morgan fingerprint density at radius 2 is 1.97 bits per heavy atom. The van der Waals surface area contributed by atoms with Gasteiger partial charge in [-0.25, -0.2) is 4.79 Å². The van der Waals surface area contributed by atoms with Gasteiger partial charge in [-0.3, -0.25) is 4.90 Å². The number of nitrogen functional groups attached to an aromatic ring is 1. The Bertz CT molecular complexity index is 996. The van der Waals surface area contributed by atoms with Crippen LogP contribution in [0.5, 0.6) is 0 Å². The number of nitrogens with zero attached hydrogens (tertiary/aromatic N) is 2. The van der Waals surface area contributed by atoms with Crippen LogP contribution in [0.25, 0.3) is 0 Å². The minimum atomic E-state index is -0.588. The first-order chi connectivity index (χ1) is 15.5. The summed E-state index contributed by atoms with van der Waals surface area (Å²) in [4.78, 5) is 16.3. The third-order valence-corrected chi connectivity index (χ3v) is 6.09. The number of ether oxygens (including phenoxy) is 1. The second kappa shape index (κ2) is 10.3. The molecule has 180 valence electrons. The number of carbonyl (C=O) groups is 1. The number of rotatable bonds is 5. The highest BCUT2D eigenvalue weighted by Gasteiger charge is 2.33. The van der Waals surface area contributed by atoms with Crippen molar-refractivity contribution in [1.29, 1.82) is 0 Å². The van der Waals surface area contributed by atoms with E-state index in [1.54, 1.807) is 17.0 Å². The Morgan fingerprint density at radius 1 is 1.24 bits per heavy atom. The van der Waals surface area contributed by atoms with Crippen molar-refractivity contribution in [3.05, 3.63) is 52.0 Å². The van der Waals surface area contributed by atoms with Crippen molar-refractivity contribution in [2.75, 3.05) is 42.2 Å². The molecule has 0 spiro atoms. The van der Waals surface area contributed by atoms with Crippen molar-refractivity contribution >= 4 is 46.4 Å². The van der Waals surface area contributed by atoms with E-state index in [9.17, 15) is 9.90 Å². The van der Waals surface area contributed by atoms with Gasteiger partial charge in [-0.15, -0.1) is 0 Å². The molecule has 2 atom stereocenters. The summed E-state index contributed by atoms with van der Waals surface area (Å²) in [6.45, 7) is 8.88. The number of aliphatic hydroxyl groups excluding tert-OH is 1. The highest BCUT2D eigenvalue weighted by Crippen LogP contribution is 2.33. The van der Waals surface area contributed by atoms with Crippen molar-refractivity contribution in [3.63, 3.8) is 0 Å². The molecule has 0 aliphatic carbocycles. The molecule has 1 amide bonds. The van der Waals surface area contributed by atoms with Crippen molar-refractivity contribution in [2.45, 2.75) is 45.4 Å². The van der Waals surface area contributed by atoms with Gasteiger partial charge < -0.3 is 25.8 Å². The van der Waals surface area contributed by atoms with Gasteiger partial charge in [0.05, 0.1) is 30.1 Å². The first-order valence-electron chi connectivity index (χ1n) is 10.9. The number of amides is 1. The second-order valence-corrected chi connectivity index (χ2v) is 10.1. The van der Waals surface area contributed by atoms with Crippen molar-refractivity contribution in [1.82, 2.24) is 4.90 Å². The first-order valence-corrected chi connectivity index (χ1v) is 11.7. The number of hydrogen-bond acceptors (Lipinski definition) is 6. The normalized spacial score (nSPS) is 17.6. The van der Waals surface area contributed by atoms with E-state index in [1.165, 1.54) is 0 Å². The fourth-order valence-electron chi connectivity index (χ4n) is 3.84. The average molecular weight is 495 g/mol. The Morgan fingerprint density at radius 3 is 2.61 bits per heavy atom. The van der Waals surface area contributed by atoms with Crippen LogP contribution >= 0.6 is 23.2 Å². The topological polar surface area (TPSA) is 91.1 Å². The molecule has 33 heavy (non-hydrogen) atoms. The Kier molecular flexibility index (Phi) is 7.88. The number of nitrogens with one attached hydrogen (secondary N) is 1. The lowest BCUT2D eigenvalue weighted by Gasteiger charge is -2.42. The monoisotopic (exact) mass is 494 g/mol. The van der Waals surface area contributed by atoms with Gasteiger partial charge in [-0.1, -0.05) is 29.3 Å². The summed E-state index contributed by atoms with van der Waals surface area (Å²) in [5.41, 5.74) is 8.90. The fraction of sp³-hybridized carbons (Fsp3) is 0.458. The third kappa shape index (κ3) is 6.37. The summed E-state index contributed by atoms with van der Waals surface area (Å²) >= 11 is 12.4. The lowest BCUT2D eigenvalue weighted by Crippen LogP contribution is -2.57. The van der Waals surface area contributed by atoms with Crippen LogP contribution in [0.3, 0.4) is 0 Å². The van der Waals surface area contributed by atoms with Gasteiger partial charge in [0.1, 0.15) is 5.60 Å². The minimum Gasteiger partial charge on any atom is -0.444 e. The van der Waals surface area contributed by atoms with Gasteiger partial charge in [0.15, 0.2) is 0 Å². The molecule has 1 fully saturated rings. The maximum absolute atomic E-state index is 12.6. The molecule has 0 bridgehead atoms. The van der Waals surface area contributed by atoms with Crippen LogP contribution in [0.1, 0.15) is 39.3 Å². The fourth-order valence-corrected chi connectivity index (χ4v) is 4.41. The van der Waals surface area contributed by atoms with Crippen LogP contribution in [-0.4, -0.2) is 54.0 Å². The summed E-state index contributed by atoms with van der Waals surface area (Å²) in [7, 11) is 0. The SMILES string of the molecule is C[C@@H](Nc1cc(N2CCN(C(=O)OC(C)(C)C)[C@H](CO)C2)ccc1N)c1ccc(Cl)cc1Cl. The molecule has 0 unspecified atom stereocenters. The molecule has 1 saturated heterocycles. The van der Waals surface area contributed by atoms with E-state index in [2.05, 4.69) is 10.2 Å². The molecule has 3 rings (SSSR count). The smallest absolute Gasteiger partial charge is 0.410 e. The van der Waals surface area contributed by atoms with Crippen molar-refractivity contribution in [3.8, 4) is 0 Å². The Balaban J connectivity index is 1.74. The molecular formula is C24H32Cl2N4O3. The van der Waals surface area contributed by atoms with E-state index in [1.807, 2.05) is 52.0 Å². The van der Waals surface area contributed by atoms with E-state index >= 15 is 0 Å². The van der Waals surface area contributed by atoms with Gasteiger partial charge in [0.25, 0.3) is 0 Å². The van der Waals surface area contributed by atoms with Crippen molar-refractivity contribution in [2.24, 2.45) is 0 Å².